The van der Waals surface area contributed by atoms with Gasteiger partial charge in [-0.1, -0.05) is 139 Å². The average molecular weight is 633 g/mol. The number of hydrogen-bond donors (Lipinski definition) is 0. The van der Waals surface area contributed by atoms with Gasteiger partial charge in [0.1, 0.15) is 0 Å². The fourth-order valence-corrected chi connectivity index (χ4v) is 5.44. The van der Waals surface area contributed by atoms with E-state index in [1.54, 1.807) is 0 Å². The van der Waals surface area contributed by atoms with Crippen LogP contribution in [0.5, 0.6) is 0 Å². The minimum atomic E-state index is -0.475. The molecule has 0 nitrogen and oxygen atoms in total. The van der Waals surface area contributed by atoms with Crippen LogP contribution < -0.4 is 0 Å². The van der Waals surface area contributed by atoms with E-state index in [2.05, 4.69) is 175 Å². The molecule has 0 atom stereocenters. The molecule has 0 unspecified atom stereocenters. The Morgan fingerprint density at radius 1 is 0.324 bits per heavy atom. The third-order valence-electron chi connectivity index (χ3n) is 6.26. The van der Waals surface area contributed by atoms with Crippen LogP contribution in [0, 0.1) is 0 Å². The number of hydrogen-bond acceptors (Lipinski definition) is 0. The van der Waals surface area contributed by atoms with E-state index in [0.717, 1.165) is 13.4 Å². The first kappa shape index (κ1) is 23.3. The average Bonchev–Trinajstić information content (AvgIpc) is 2.88. The molecule has 0 aliphatic heterocycles. The van der Waals surface area contributed by atoms with Crippen LogP contribution in [0.3, 0.4) is 0 Å². The largest absolute Gasteiger partial charge is 0.0701 e. The summed E-state index contributed by atoms with van der Waals surface area (Å²) in [6.07, 6.45) is 0. The lowest BCUT2D eigenvalue weighted by molar-refractivity contribution is 0.744. The second-order valence-electron chi connectivity index (χ2n) is 8.21. The molecule has 0 radical (unpaired) electrons. The summed E-state index contributed by atoms with van der Waals surface area (Å²) in [5.41, 5.74) is 6.82. The molecule has 0 bridgehead atoms. The van der Waals surface area contributed by atoms with Crippen molar-refractivity contribution in [3.63, 3.8) is 0 Å². The van der Waals surface area contributed by atoms with Crippen molar-refractivity contribution in [2.24, 2.45) is 0 Å². The molecule has 5 rings (SSSR count). The van der Waals surface area contributed by atoms with Crippen LogP contribution in [-0.2, 0) is 5.41 Å². The summed E-state index contributed by atoms with van der Waals surface area (Å²) in [7, 11) is 0. The van der Waals surface area contributed by atoms with Crippen LogP contribution >= 0.6 is 47.8 Å². The van der Waals surface area contributed by atoms with E-state index in [-0.39, 0.29) is 0 Å². The van der Waals surface area contributed by atoms with E-state index in [1.165, 1.54) is 33.4 Å². The van der Waals surface area contributed by atoms with Gasteiger partial charge >= 0.3 is 0 Å². The Labute approximate surface area is 226 Å². The monoisotopic (exact) mass is 630 g/mol. The van der Waals surface area contributed by atoms with Crippen molar-refractivity contribution in [2.75, 3.05) is 0 Å². The molecule has 3 heteroatoms. The Kier molecular flexibility index (Phi) is 6.87. The molecule has 0 aliphatic rings. The van der Waals surface area contributed by atoms with E-state index in [4.69, 9.17) is 0 Å². The number of rotatable bonds is 5. The van der Waals surface area contributed by atoms with Gasteiger partial charge in [-0.2, -0.15) is 0 Å². The summed E-state index contributed by atoms with van der Waals surface area (Å²) in [5, 5.41) is 0. The molecule has 166 valence electrons. The van der Waals surface area contributed by atoms with E-state index >= 15 is 0 Å². The highest BCUT2D eigenvalue weighted by Gasteiger charge is 2.38. The van der Waals surface area contributed by atoms with Crippen LogP contribution in [0.4, 0.5) is 0 Å². The van der Waals surface area contributed by atoms with Crippen molar-refractivity contribution in [1.29, 1.82) is 0 Å². The van der Waals surface area contributed by atoms with Crippen molar-refractivity contribution in [1.82, 2.24) is 0 Å². The van der Waals surface area contributed by atoms with Crippen molar-refractivity contribution in [3.05, 3.63) is 163 Å². The van der Waals surface area contributed by atoms with Crippen LogP contribution in [0.1, 0.15) is 22.3 Å². The molecular formula is C31H21Br3. The summed E-state index contributed by atoms with van der Waals surface area (Å²) in [6.45, 7) is 0. The zero-order valence-corrected chi connectivity index (χ0v) is 23.0. The molecular weight excluding hydrogens is 612 g/mol. The quantitative estimate of drug-likeness (QED) is 0.169. The fourth-order valence-electron chi connectivity index (χ4n) is 4.64. The van der Waals surface area contributed by atoms with Gasteiger partial charge in [0.15, 0.2) is 0 Å². The van der Waals surface area contributed by atoms with Crippen molar-refractivity contribution >= 4 is 47.8 Å². The third kappa shape index (κ3) is 4.45. The van der Waals surface area contributed by atoms with Crippen molar-refractivity contribution < 1.29 is 0 Å². The predicted octanol–water partition coefficient (Wildman–Crippen LogP) is 10.0. The molecule has 0 fully saturated rings. The molecule has 0 N–H and O–H groups in total. The maximum atomic E-state index is 3.62. The SMILES string of the molecule is Brc1ccc(C(c2ccc(Br)cc2)(c2ccc(Br)cc2)c2ccc(-c3ccccc3)cc2)cc1. The first-order valence-corrected chi connectivity index (χ1v) is 13.4. The number of benzene rings is 5. The molecule has 0 heterocycles. The molecule has 0 aliphatic carbocycles. The van der Waals surface area contributed by atoms with E-state index in [1.807, 2.05) is 0 Å². The topological polar surface area (TPSA) is 0 Å². The second kappa shape index (κ2) is 10.0. The van der Waals surface area contributed by atoms with Gasteiger partial charge in [0, 0.05) is 13.4 Å². The fraction of sp³-hybridized carbons (Fsp3) is 0.0323. The van der Waals surface area contributed by atoms with Gasteiger partial charge in [-0.15, -0.1) is 0 Å². The van der Waals surface area contributed by atoms with Crippen molar-refractivity contribution in [2.45, 2.75) is 5.41 Å². The summed E-state index contributed by atoms with van der Waals surface area (Å²) in [5.74, 6) is 0. The second-order valence-corrected chi connectivity index (χ2v) is 11.0. The standard InChI is InChI=1S/C31H21Br3/c32-28-16-10-25(11-17-28)31(26-12-18-29(33)19-13-26,27-14-20-30(34)21-15-27)24-8-6-23(7-9-24)22-4-2-1-3-5-22/h1-21H. The van der Waals surface area contributed by atoms with Gasteiger partial charge in [-0.05, 0) is 69.8 Å². The lowest BCUT2D eigenvalue weighted by Crippen LogP contribution is -2.31. The molecule has 0 saturated carbocycles. The van der Waals surface area contributed by atoms with E-state index in [0.29, 0.717) is 0 Å². The number of halogens is 3. The first-order valence-electron chi connectivity index (χ1n) is 11.0. The highest BCUT2D eigenvalue weighted by Crippen LogP contribution is 2.46. The summed E-state index contributed by atoms with van der Waals surface area (Å²) in [4.78, 5) is 0. The highest BCUT2D eigenvalue weighted by molar-refractivity contribution is 9.11. The lowest BCUT2D eigenvalue weighted by Gasteiger charge is -2.37. The van der Waals surface area contributed by atoms with Crippen LogP contribution in [0.2, 0.25) is 0 Å². The van der Waals surface area contributed by atoms with E-state index in [9.17, 15) is 0 Å². The third-order valence-corrected chi connectivity index (χ3v) is 7.84. The van der Waals surface area contributed by atoms with Gasteiger partial charge in [0.2, 0.25) is 0 Å². The zero-order chi connectivity index (χ0) is 23.5. The summed E-state index contributed by atoms with van der Waals surface area (Å²) >= 11 is 10.9. The molecule has 0 saturated heterocycles. The smallest absolute Gasteiger partial charge is 0.0622 e. The van der Waals surface area contributed by atoms with Crippen LogP contribution in [0.25, 0.3) is 11.1 Å². The van der Waals surface area contributed by atoms with Gasteiger partial charge in [-0.3, -0.25) is 0 Å². The van der Waals surface area contributed by atoms with E-state index < -0.39 is 5.41 Å². The molecule has 34 heavy (non-hydrogen) atoms. The maximum absolute atomic E-state index is 3.62. The van der Waals surface area contributed by atoms with Crippen LogP contribution in [-0.4, -0.2) is 0 Å². The van der Waals surface area contributed by atoms with Gasteiger partial charge in [0.05, 0.1) is 5.41 Å². The Balaban J connectivity index is 1.80. The lowest BCUT2D eigenvalue weighted by atomic mass is 9.65. The predicted molar refractivity (Wildman–Crippen MR) is 153 cm³/mol. The Hall–Kier alpha value is -2.46. The van der Waals surface area contributed by atoms with Crippen molar-refractivity contribution in [3.8, 4) is 11.1 Å². The molecule has 0 spiro atoms. The molecule has 0 aromatic heterocycles. The minimum absolute atomic E-state index is 0.475. The van der Waals surface area contributed by atoms with Gasteiger partial charge in [-0.25, -0.2) is 0 Å². The summed E-state index contributed by atoms with van der Waals surface area (Å²) in [6, 6.07) is 45.6. The summed E-state index contributed by atoms with van der Waals surface area (Å²) < 4.78 is 3.20. The van der Waals surface area contributed by atoms with Gasteiger partial charge < -0.3 is 0 Å². The Bertz CT molecular complexity index is 1260. The normalized spacial score (nSPS) is 11.4. The minimum Gasteiger partial charge on any atom is -0.0622 e. The van der Waals surface area contributed by atoms with Gasteiger partial charge in [0.25, 0.3) is 0 Å². The maximum Gasteiger partial charge on any atom is 0.0701 e. The highest BCUT2D eigenvalue weighted by atomic mass is 79.9. The zero-order valence-electron chi connectivity index (χ0n) is 18.3. The molecule has 5 aromatic rings. The molecule has 5 aromatic carbocycles. The first-order chi connectivity index (χ1) is 16.6. The molecule has 0 amide bonds. The Morgan fingerprint density at radius 3 is 0.971 bits per heavy atom. The Morgan fingerprint density at radius 2 is 0.618 bits per heavy atom. The van der Waals surface area contributed by atoms with Crippen LogP contribution in [0.15, 0.2) is 141 Å².